The van der Waals surface area contributed by atoms with E-state index in [0.29, 0.717) is 17.9 Å². The number of pyridine rings is 1. The highest BCUT2D eigenvalue weighted by atomic mass is 35.5. The summed E-state index contributed by atoms with van der Waals surface area (Å²) >= 11 is 5.96. The molecule has 0 saturated carbocycles. The molecular weight excluding hydrogens is 350 g/mol. The van der Waals surface area contributed by atoms with E-state index < -0.39 is 11.7 Å². The lowest BCUT2D eigenvalue weighted by Gasteiger charge is -2.34. The predicted molar refractivity (Wildman–Crippen MR) is 80.9 cm³/mol. The van der Waals surface area contributed by atoms with Gasteiger partial charge in [-0.25, -0.2) is 4.98 Å². The van der Waals surface area contributed by atoms with Crippen LogP contribution in [0.1, 0.15) is 18.4 Å². The van der Waals surface area contributed by atoms with E-state index in [4.69, 9.17) is 11.6 Å². The van der Waals surface area contributed by atoms with Gasteiger partial charge in [0.25, 0.3) is 0 Å². The Morgan fingerprint density at radius 1 is 1.19 bits per heavy atom. The van der Waals surface area contributed by atoms with Crippen LogP contribution in [-0.2, 0) is 6.18 Å². The molecule has 0 spiro atoms. The van der Waals surface area contributed by atoms with Crippen molar-refractivity contribution in [2.24, 2.45) is 0 Å². The van der Waals surface area contributed by atoms with Crippen LogP contribution in [0.5, 0.6) is 0 Å². The van der Waals surface area contributed by atoms with Crippen molar-refractivity contribution in [3.63, 3.8) is 0 Å². The van der Waals surface area contributed by atoms with Crippen molar-refractivity contribution >= 4 is 42.2 Å². The molecule has 2 saturated heterocycles. The van der Waals surface area contributed by atoms with Gasteiger partial charge in [-0.15, -0.1) is 24.8 Å². The van der Waals surface area contributed by atoms with Crippen LogP contribution < -0.4 is 10.2 Å². The molecule has 3 rings (SSSR count). The molecule has 9 heteroatoms. The Kier molecular flexibility index (Phi) is 6.00. The highest BCUT2D eigenvalue weighted by molar-refractivity contribution is 6.33. The van der Waals surface area contributed by atoms with E-state index in [1.54, 1.807) is 0 Å². The molecule has 120 valence electrons. The van der Waals surface area contributed by atoms with E-state index in [-0.39, 0.29) is 29.8 Å². The average molecular weight is 365 g/mol. The first-order valence-electron chi connectivity index (χ1n) is 6.17. The van der Waals surface area contributed by atoms with Gasteiger partial charge in [-0.2, -0.15) is 13.2 Å². The third-order valence-electron chi connectivity index (χ3n) is 3.67. The first kappa shape index (κ1) is 18.6. The van der Waals surface area contributed by atoms with Crippen molar-refractivity contribution < 1.29 is 13.2 Å². The minimum Gasteiger partial charge on any atom is -0.352 e. The van der Waals surface area contributed by atoms with Crippen LogP contribution in [0.15, 0.2) is 12.3 Å². The fourth-order valence-electron chi connectivity index (χ4n) is 2.79. The Morgan fingerprint density at radius 2 is 1.76 bits per heavy atom. The second kappa shape index (κ2) is 6.77. The van der Waals surface area contributed by atoms with Crippen molar-refractivity contribution in [2.75, 3.05) is 18.0 Å². The van der Waals surface area contributed by atoms with Gasteiger partial charge in [-0.3, -0.25) is 0 Å². The topological polar surface area (TPSA) is 28.2 Å². The standard InChI is InChI=1S/C12H13ClF3N3.2ClH/c13-10-3-7(12(14,15)16)4-17-11(10)19-5-8-1-2-9(6-19)18-8;;/h3-4,8-9,18H,1-2,5-6H2;2*1H. The molecule has 3 heterocycles. The molecule has 0 radical (unpaired) electrons. The molecule has 1 aromatic heterocycles. The summed E-state index contributed by atoms with van der Waals surface area (Å²) in [4.78, 5) is 5.88. The maximum absolute atomic E-state index is 12.6. The summed E-state index contributed by atoms with van der Waals surface area (Å²) in [7, 11) is 0. The molecule has 3 nitrogen and oxygen atoms in total. The SMILES string of the molecule is Cl.Cl.FC(F)(F)c1cnc(N2CC3CCC(C2)N3)c(Cl)c1. The molecule has 2 aliphatic rings. The number of aromatic nitrogens is 1. The molecule has 1 N–H and O–H groups in total. The summed E-state index contributed by atoms with van der Waals surface area (Å²) in [5.74, 6) is 0.452. The second-order valence-electron chi connectivity index (χ2n) is 5.07. The van der Waals surface area contributed by atoms with Crippen molar-refractivity contribution in [3.8, 4) is 0 Å². The number of anilines is 1. The summed E-state index contributed by atoms with van der Waals surface area (Å²) in [6.45, 7) is 1.49. The van der Waals surface area contributed by atoms with Crippen LogP contribution in [-0.4, -0.2) is 30.2 Å². The zero-order valence-corrected chi connectivity index (χ0v) is 13.2. The maximum atomic E-state index is 12.6. The van der Waals surface area contributed by atoms with Gasteiger partial charge in [0.2, 0.25) is 0 Å². The molecule has 2 aliphatic heterocycles. The molecule has 2 unspecified atom stereocenters. The smallest absolute Gasteiger partial charge is 0.352 e. The fourth-order valence-corrected chi connectivity index (χ4v) is 3.07. The number of hydrogen-bond acceptors (Lipinski definition) is 3. The quantitative estimate of drug-likeness (QED) is 0.826. The van der Waals surface area contributed by atoms with Crippen LogP contribution >= 0.6 is 36.4 Å². The number of rotatable bonds is 1. The van der Waals surface area contributed by atoms with Crippen molar-refractivity contribution in [1.82, 2.24) is 10.3 Å². The molecule has 0 aliphatic carbocycles. The largest absolute Gasteiger partial charge is 0.417 e. The van der Waals surface area contributed by atoms with Gasteiger partial charge in [-0.1, -0.05) is 11.6 Å². The number of piperazine rings is 1. The molecule has 1 aromatic rings. The summed E-state index contributed by atoms with van der Waals surface area (Å²) in [6, 6.07) is 1.73. The van der Waals surface area contributed by atoms with E-state index in [2.05, 4.69) is 10.3 Å². The molecule has 0 amide bonds. The summed E-state index contributed by atoms with van der Waals surface area (Å²) < 4.78 is 37.7. The minimum absolute atomic E-state index is 0. The van der Waals surface area contributed by atoms with Crippen LogP contribution in [0.4, 0.5) is 19.0 Å². The summed E-state index contributed by atoms with van der Waals surface area (Å²) in [5.41, 5.74) is -0.806. The van der Waals surface area contributed by atoms with E-state index in [0.717, 1.165) is 38.2 Å². The van der Waals surface area contributed by atoms with Gasteiger partial charge >= 0.3 is 6.18 Å². The van der Waals surface area contributed by atoms with Gasteiger partial charge in [0, 0.05) is 31.4 Å². The zero-order chi connectivity index (χ0) is 13.6. The third-order valence-corrected chi connectivity index (χ3v) is 3.94. The van der Waals surface area contributed by atoms with Gasteiger partial charge in [0.05, 0.1) is 10.6 Å². The maximum Gasteiger partial charge on any atom is 0.417 e. The number of fused-ring (bicyclic) bond motifs is 2. The normalized spacial score (nSPS) is 24.3. The molecular formula is C12H15Cl3F3N3. The van der Waals surface area contributed by atoms with Gasteiger partial charge in [0.1, 0.15) is 5.82 Å². The number of nitrogens with one attached hydrogen (secondary N) is 1. The zero-order valence-electron chi connectivity index (χ0n) is 10.9. The van der Waals surface area contributed by atoms with Crippen LogP contribution in [0.25, 0.3) is 0 Å². The Balaban J connectivity index is 0.00000110. The first-order valence-corrected chi connectivity index (χ1v) is 6.55. The van der Waals surface area contributed by atoms with E-state index in [1.807, 2.05) is 4.90 Å². The Labute approximate surface area is 138 Å². The Bertz CT molecular complexity index is 486. The van der Waals surface area contributed by atoms with Crippen LogP contribution in [0, 0.1) is 0 Å². The fraction of sp³-hybridized carbons (Fsp3) is 0.583. The van der Waals surface area contributed by atoms with Crippen LogP contribution in [0.3, 0.4) is 0 Å². The van der Waals surface area contributed by atoms with Gasteiger partial charge < -0.3 is 10.2 Å². The lowest BCUT2D eigenvalue weighted by Crippen LogP contribution is -2.51. The number of alkyl halides is 3. The number of nitrogens with zero attached hydrogens (tertiary/aromatic N) is 2. The number of halogens is 6. The minimum atomic E-state index is -4.41. The van der Waals surface area contributed by atoms with Crippen molar-refractivity contribution in [2.45, 2.75) is 31.1 Å². The van der Waals surface area contributed by atoms with E-state index in [1.165, 1.54) is 0 Å². The molecule has 2 fully saturated rings. The third kappa shape index (κ3) is 3.86. The Hall–Kier alpha value is -0.430. The highest BCUT2D eigenvalue weighted by Gasteiger charge is 2.35. The van der Waals surface area contributed by atoms with Gasteiger partial charge in [0.15, 0.2) is 0 Å². The second-order valence-corrected chi connectivity index (χ2v) is 5.48. The van der Waals surface area contributed by atoms with Crippen LogP contribution in [0.2, 0.25) is 5.02 Å². The monoisotopic (exact) mass is 363 g/mol. The van der Waals surface area contributed by atoms with Crippen molar-refractivity contribution in [1.29, 1.82) is 0 Å². The van der Waals surface area contributed by atoms with E-state index >= 15 is 0 Å². The number of hydrogen-bond donors (Lipinski definition) is 1. The first-order chi connectivity index (χ1) is 8.93. The summed E-state index contributed by atoms with van der Waals surface area (Å²) in [6.07, 6.45) is -1.36. The average Bonchev–Trinajstić information content (AvgIpc) is 2.67. The Morgan fingerprint density at radius 3 is 2.24 bits per heavy atom. The lowest BCUT2D eigenvalue weighted by molar-refractivity contribution is -0.137. The molecule has 0 aromatic carbocycles. The lowest BCUT2D eigenvalue weighted by atomic mass is 10.2. The summed E-state index contributed by atoms with van der Waals surface area (Å²) in [5, 5.41) is 3.52. The predicted octanol–water partition coefficient (Wildman–Crippen LogP) is 3.54. The highest BCUT2D eigenvalue weighted by Crippen LogP contribution is 2.34. The molecule has 2 atom stereocenters. The van der Waals surface area contributed by atoms with Gasteiger partial charge in [-0.05, 0) is 18.9 Å². The molecule has 2 bridgehead atoms. The van der Waals surface area contributed by atoms with Crippen molar-refractivity contribution in [3.05, 3.63) is 22.8 Å². The van der Waals surface area contributed by atoms with E-state index in [9.17, 15) is 13.2 Å². The molecule has 21 heavy (non-hydrogen) atoms.